The lowest BCUT2D eigenvalue weighted by Crippen LogP contribution is -1.89. The average molecular weight is 246 g/mol. The molecule has 0 spiro atoms. The molecule has 2 N–H and O–H groups in total. The molecule has 92 valence electrons. The molecule has 0 bridgehead atoms. The minimum Gasteiger partial charge on any atom is -0.397 e. The number of hydrogen-bond acceptors (Lipinski definition) is 2. The van der Waals surface area contributed by atoms with Crippen LogP contribution in [0.25, 0.3) is 23.1 Å². The number of nitrogens with two attached hydrogens (primary N) is 1. The topological polar surface area (TPSA) is 38.9 Å². The molecule has 2 heteroatoms. The first-order valence-corrected chi connectivity index (χ1v) is 6.20. The number of nitrogens with zero attached hydrogens (tertiary/aromatic N) is 1. The highest BCUT2D eigenvalue weighted by Gasteiger charge is 1.98. The molecule has 0 fully saturated rings. The number of rotatable bonds is 2. The molecule has 0 amide bonds. The SMILES string of the molecule is Nc1cccc2cc(/C=C/c3ccccc3)cnc12. The lowest BCUT2D eigenvalue weighted by Gasteiger charge is -2.01. The van der Waals surface area contributed by atoms with E-state index in [1.165, 1.54) is 5.56 Å². The monoisotopic (exact) mass is 246 g/mol. The number of benzene rings is 2. The highest BCUT2D eigenvalue weighted by molar-refractivity contribution is 5.90. The predicted octanol–water partition coefficient (Wildman–Crippen LogP) is 3.99. The van der Waals surface area contributed by atoms with E-state index in [0.717, 1.165) is 22.2 Å². The molecule has 1 aromatic heterocycles. The molecule has 0 aliphatic carbocycles. The summed E-state index contributed by atoms with van der Waals surface area (Å²) in [5.41, 5.74) is 9.72. The lowest BCUT2D eigenvalue weighted by atomic mass is 10.1. The summed E-state index contributed by atoms with van der Waals surface area (Å²) in [6.45, 7) is 0. The highest BCUT2D eigenvalue weighted by Crippen LogP contribution is 2.20. The second-order valence-electron chi connectivity index (χ2n) is 4.43. The minimum absolute atomic E-state index is 0.719. The van der Waals surface area contributed by atoms with E-state index >= 15 is 0 Å². The number of para-hydroxylation sites is 1. The zero-order valence-electron chi connectivity index (χ0n) is 10.5. The maximum atomic E-state index is 5.89. The van der Waals surface area contributed by atoms with E-state index in [-0.39, 0.29) is 0 Å². The van der Waals surface area contributed by atoms with Crippen molar-refractivity contribution >= 4 is 28.7 Å². The summed E-state index contributed by atoms with van der Waals surface area (Å²) in [4.78, 5) is 4.42. The Bertz CT molecular complexity index is 731. The van der Waals surface area contributed by atoms with Crippen molar-refractivity contribution in [3.8, 4) is 0 Å². The fourth-order valence-electron chi connectivity index (χ4n) is 2.05. The lowest BCUT2D eigenvalue weighted by molar-refractivity contribution is 1.40. The van der Waals surface area contributed by atoms with Gasteiger partial charge in [-0.25, -0.2) is 0 Å². The molecule has 0 unspecified atom stereocenters. The molecule has 3 rings (SSSR count). The molecule has 0 atom stereocenters. The molecular weight excluding hydrogens is 232 g/mol. The zero-order chi connectivity index (χ0) is 13.1. The first-order valence-electron chi connectivity index (χ1n) is 6.20. The van der Waals surface area contributed by atoms with Crippen LogP contribution in [0.1, 0.15) is 11.1 Å². The average Bonchev–Trinajstić information content (AvgIpc) is 2.46. The van der Waals surface area contributed by atoms with Gasteiger partial charge in [-0.05, 0) is 23.3 Å². The molecule has 2 aromatic carbocycles. The Morgan fingerprint density at radius 2 is 1.63 bits per heavy atom. The van der Waals surface area contributed by atoms with E-state index in [0.29, 0.717) is 0 Å². The van der Waals surface area contributed by atoms with Gasteiger partial charge in [0.1, 0.15) is 0 Å². The molecule has 19 heavy (non-hydrogen) atoms. The second kappa shape index (κ2) is 4.94. The molecule has 0 saturated carbocycles. The van der Waals surface area contributed by atoms with Crippen molar-refractivity contribution in [1.29, 1.82) is 0 Å². The maximum absolute atomic E-state index is 5.89. The van der Waals surface area contributed by atoms with Gasteiger partial charge in [0.15, 0.2) is 0 Å². The van der Waals surface area contributed by atoms with E-state index < -0.39 is 0 Å². The maximum Gasteiger partial charge on any atom is 0.0931 e. The summed E-state index contributed by atoms with van der Waals surface area (Å²) >= 11 is 0. The molecule has 0 saturated heterocycles. The third-order valence-electron chi connectivity index (χ3n) is 3.03. The van der Waals surface area contributed by atoms with Crippen LogP contribution in [-0.2, 0) is 0 Å². The molecule has 1 heterocycles. The number of anilines is 1. The Labute approximate surface area is 112 Å². The van der Waals surface area contributed by atoms with E-state index in [1.54, 1.807) is 0 Å². The number of hydrogen-bond donors (Lipinski definition) is 1. The van der Waals surface area contributed by atoms with Crippen LogP contribution in [0.5, 0.6) is 0 Å². The van der Waals surface area contributed by atoms with E-state index in [2.05, 4.69) is 35.3 Å². The fourth-order valence-corrected chi connectivity index (χ4v) is 2.05. The van der Waals surface area contributed by atoms with Gasteiger partial charge in [-0.1, -0.05) is 54.6 Å². The van der Waals surface area contributed by atoms with Crippen molar-refractivity contribution in [2.45, 2.75) is 0 Å². The molecule has 0 aliphatic heterocycles. The van der Waals surface area contributed by atoms with Crippen molar-refractivity contribution in [2.24, 2.45) is 0 Å². The van der Waals surface area contributed by atoms with Gasteiger partial charge < -0.3 is 5.73 Å². The van der Waals surface area contributed by atoms with Gasteiger partial charge in [0.25, 0.3) is 0 Å². The molecule has 3 aromatic rings. The second-order valence-corrected chi connectivity index (χ2v) is 4.43. The van der Waals surface area contributed by atoms with Gasteiger partial charge in [-0.2, -0.15) is 0 Å². The van der Waals surface area contributed by atoms with Gasteiger partial charge in [0, 0.05) is 11.6 Å². The summed E-state index contributed by atoms with van der Waals surface area (Å²) in [6.07, 6.45) is 5.98. The number of nitrogen functional groups attached to an aromatic ring is 1. The number of aromatic nitrogens is 1. The van der Waals surface area contributed by atoms with Gasteiger partial charge in [-0.3, -0.25) is 4.98 Å². The van der Waals surface area contributed by atoms with Crippen LogP contribution in [0.2, 0.25) is 0 Å². The molecule has 2 nitrogen and oxygen atoms in total. The summed E-state index contributed by atoms with van der Waals surface area (Å²) in [6, 6.07) is 18.1. The summed E-state index contributed by atoms with van der Waals surface area (Å²) in [5, 5.41) is 1.07. The van der Waals surface area contributed by atoms with Crippen LogP contribution < -0.4 is 5.73 Å². The molecular formula is C17H14N2. The normalized spacial score (nSPS) is 11.2. The first-order chi connectivity index (χ1) is 9.33. The van der Waals surface area contributed by atoms with Crippen LogP contribution in [0.15, 0.2) is 60.8 Å². The Hall–Kier alpha value is -2.61. The summed E-state index contributed by atoms with van der Waals surface area (Å²) in [7, 11) is 0. The summed E-state index contributed by atoms with van der Waals surface area (Å²) in [5.74, 6) is 0. The largest absolute Gasteiger partial charge is 0.397 e. The zero-order valence-corrected chi connectivity index (χ0v) is 10.5. The predicted molar refractivity (Wildman–Crippen MR) is 81.5 cm³/mol. The van der Waals surface area contributed by atoms with E-state index in [4.69, 9.17) is 5.73 Å². The van der Waals surface area contributed by atoms with Crippen LogP contribution >= 0.6 is 0 Å². The van der Waals surface area contributed by atoms with Gasteiger partial charge >= 0.3 is 0 Å². The van der Waals surface area contributed by atoms with Crippen molar-refractivity contribution in [1.82, 2.24) is 4.98 Å². The van der Waals surface area contributed by atoms with E-state index in [9.17, 15) is 0 Å². The third kappa shape index (κ3) is 2.47. The van der Waals surface area contributed by atoms with Crippen molar-refractivity contribution in [3.63, 3.8) is 0 Å². The summed E-state index contributed by atoms with van der Waals surface area (Å²) < 4.78 is 0. The standard InChI is InChI=1S/C17H14N2/c18-16-8-4-7-15-11-14(12-19-17(15)16)10-9-13-5-2-1-3-6-13/h1-12H,18H2/b10-9+. The number of pyridine rings is 1. The molecule has 0 aliphatic rings. The van der Waals surface area contributed by atoms with Crippen molar-refractivity contribution in [3.05, 3.63) is 71.9 Å². The van der Waals surface area contributed by atoms with Gasteiger partial charge in [0.05, 0.1) is 11.2 Å². The van der Waals surface area contributed by atoms with Crippen molar-refractivity contribution < 1.29 is 0 Å². The molecule has 0 radical (unpaired) electrons. The number of fused-ring (bicyclic) bond motifs is 1. The minimum atomic E-state index is 0.719. The fraction of sp³-hybridized carbons (Fsp3) is 0. The van der Waals surface area contributed by atoms with Gasteiger partial charge in [-0.15, -0.1) is 0 Å². The van der Waals surface area contributed by atoms with Crippen LogP contribution in [0.4, 0.5) is 5.69 Å². The Morgan fingerprint density at radius 3 is 2.47 bits per heavy atom. The quantitative estimate of drug-likeness (QED) is 0.694. The Kier molecular flexibility index (Phi) is 2.99. The van der Waals surface area contributed by atoms with Crippen LogP contribution in [0, 0.1) is 0 Å². The van der Waals surface area contributed by atoms with E-state index in [1.807, 2.05) is 42.6 Å². The van der Waals surface area contributed by atoms with Crippen LogP contribution in [0.3, 0.4) is 0 Å². The smallest absolute Gasteiger partial charge is 0.0931 e. The van der Waals surface area contributed by atoms with Gasteiger partial charge in [0.2, 0.25) is 0 Å². The third-order valence-corrected chi connectivity index (χ3v) is 3.03. The van der Waals surface area contributed by atoms with Crippen molar-refractivity contribution in [2.75, 3.05) is 5.73 Å². The first kappa shape index (κ1) is 11.5. The Morgan fingerprint density at radius 1 is 0.842 bits per heavy atom. The van der Waals surface area contributed by atoms with Crippen LogP contribution in [-0.4, -0.2) is 4.98 Å². The highest BCUT2D eigenvalue weighted by atomic mass is 14.7. The Balaban J connectivity index is 1.96.